The molecule has 1 unspecified atom stereocenters. The van der Waals surface area contributed by atoms with Crippen molar-refractivity contribution in [2.45, 2.75) is 181 Å². The van der Waals surface area contributed by atoms with Crippen molar-refractivity contribution in [3.63, 3.8) is 0 Å². The van der Waals surface area contributed by atoms with Crippen molar-refractivity contribution in [2.24, 2.45) is 0 Å². The van der Waals surface area contributed by atoms with Crippen LogP contribution in [0.15, 0.2) is 72.9 Å². The second-order valence-corrected chi connectivity index (χ2v) is 13.2. The number of rotatable bonds is 35. The Morgan fingerprint density at radius 3 is 1.35 bits per heavy atom. The van der Waals surface area contributed by atoms with Crippen LogP contribution in [0.3, 0.4) is 0 Å². The summed E-state index contributed by atoms with van der Waals surface area (Å²) in [4.78, 5) is 37.4. The molecule has 0 rings (SSSR count). The minimum atomic E-state index is -0.830. The standard InChI is InChI=1S/C45H74O6/c1-4-7-10-13-16-19-21-22-24-26-29-32-35-38-44(47)50-41-42(40-49-43(46)37-34-31-28-25-18-15-12-9-6-3)51-45(48)39-36-33-30-27-23-20-17-14-11-8-5-2/h8,11,17,20,22,24-25,27-30,32,42H,4-7,9-10,12-16,18-19,21,23,26,31,33-41H2,1-3H3/b11-8-,20-17-,24-22-,28-25-,30-27-,32-29-. The van der Waals surface area contributed by atoms with Gasteiger partial charge in [-0.3, -0.25) is 14.4 Å². The van der Waals surface area contributed by atoms with Gasteiger partial charge in [-0.25, -0.2) is 0 Å². The van der Waals surface area contributed by atoms with Gasteiger partial charge in [-0.05, 0) is 83.5 Å². The Bertz CT molecular complexity index is 1000. The molecule has 6 heteroatoms. The molecular formula is C45H74O6. The monoisotopic (exact) mass is 711 g/mol. The van der Waals surface area contributed by atoms with Gasteiger partial charge in [0.2, 0.25) is 0 Å². The van der Waals surface area contributed by atoms with E-state index >= 15 is 0 Å². The molecule has 0 N–H and O–H groups in total. The summed E-state index contributed by atoms with van der Waals surface area (Å²) in [6, 6.07) is 0. The number of carbonyl (C=O) groups excluding carboxylic acids is 3. The van der Waals surface area contributed by atoms with Gasteiger partial charge in [0.25, 0.3) is 0 Å². The predicted octanol–water partition coefficient (Wildman–Crippen LogP) is 12.7. The van der Waals surface area contributed by atoms with Gasteiger partial charge in [-0.15, -0.1) is 0 Å². The van der Waals surface area contributed by atoms with Crippen molar-refractivity contribution in [3.8, 4) is 0 Å². The zero-order valence-corrected chi connectivity index (χ0v) is 32.8. The molecule has 0 aliphatic carbocycles. The highest BCUT2D eigenvalue weighted by atomic mass is 16.6. The van der Waals surface area contributed by atoms with Gasteiger partial charge in [-0.1, -0.05) is 145 Å². The van der Waals surface area contributed by atoms with Crippen LogP contribution in [-0.4, -0.2) is 37.2 Å². The molecular weight excluding hydrogens is 636 g/mol. The Labute approximate surface area is 312 Å². The lowest BCUT2D eigenvalue weighted by Crippen LogP contribution is -2.30. The van der Waals surface area contributed by atoms with Gasteiger partial charge in [0.05, 0.1) is 0 Å². The van der Waals surface area contributed by atoms with Gasteiger partial charge in [0, 0.05) is 19.3 Å². The molecule has 0 aromatic carbocycles. The van der Waals surface area contributed by atoms with Gasteiger partial charge < -0.3 is 14.2 Å². The molecule has 0 aliphatic heterocycles. The zero-order valence-electron chi connectivity index (χ0n) is 32.8. The van der Waals surface area contributed by atoms with Crippen molar-refractivity contribution in [2.75, 3.05) is 13.2 Å². The van der Waals surface area contributed by atoms with Crippen LogP contribution in [0.2, 0.25) is 0 Å². The topological polar surface area (TPSA) is 78.9 Å². The SMILES string of the molecule is CC/C=C\C/C=C\C/C=C\CCCC(=O)OC(COC(=O)CC/C=C\C/C=C\CCCCCCCC)COC(=O)CCC/C=C\CCCCCC. The number of hydrogen-bond acceptors (Lipinski definition) is 6. The van der Waals surface area contributed by atoms with E-state index in [0.717, 1.165) is 51.4 Å². The van der Waals surface area contributed by atoms with Crippen molar-refractivity contribution in [1.82, 2.24) is 0 Å². The van der Waals surface area contributed by atoms with Gasteiger partial charge in [0.15, 0.2) is 6.10 Å². The van der Waals surface area contributed by atoms with Crippen LogP contribution in [0, 0.1) is 0 Å². The smallest absolute Gasteiger partial charge is 0.306 e. The van der Waals surface area contributed by atoms with E-state index in [1.165, 1.54) is 64.2 Å². The normalized spacial score (nSPS) is 12.8. The van der Waals surface area contributed by atoms with E-state index in [-0.39, 0.29) is 50.4 Å². The molecule has 6 nitrogen and oxygen atoms in total. The molecule has 0 fully saturated rings. The van der Waals surface area contributed by atoms with E-state index in [4.69, 9.17) is 14.2 Å². The molecule has 0 radical (unpaired) electrons. The number of carbonyl (C=O) groups is 3. The molecule has 0 amide bonds. The average molecular weight is 711 g/mol. The molecule has 51 heavy (non-hydrogen) atoms. The summed E-state index contributed by atoms with van der Waals surface area (Å²) in [5.41, 5.74) is 0. The van der Waals surface area contributed by atoms with E-state index in [2.05, 4.69) is 87.6 Å². The highest BCUT2D eigenvalue weighted by molar-refractivity contribution is 5.71. The maximum absolute atomic E-state index is 12.6. The summed E-state index contributed by atoms with van der Waals surface area (Å²) in [6.45, 7) is 6.31. The molecule has 0 saturated heterocycles. The third-order valence-electron chi connectivity index (χ3n) is 8.18. The molecule has 290 valence electrons. The fraction of sp³-hybridized carbons (Fsp3) is 0.667. The Hall–Kier alpha value is -3.15. The largest absolute Gasteiger partial charge is 0.462 e. The maximum atomic E-state index is 12.6. The molecule has 0 saturated carbocycles. The molecule has 0 aliphatic rings. The van der Waals surface area contributed by atoms with Crippen LogP contribution in [-0.2, 0) is 28.6 Å². The number of ether oxygens (including phenoxy) is 3. The van der Waals surface area contributed by atoms with Crippen LogP contribution >= 0.6 is 0 Å². The van der Waals surface area contributed by atoms with E-state index < -0.39 is 6.10 Å². The Balaban J connectivity index is 4.56. The van der Waals surface area contributed by atoms with Gasteiger partial charge >= 0.3 is 17.9 Å². The van der Waals surface area contributed by atoms with Gasteiger partial charge in [-0.2, -0.15) is 0 Å². The maximum Gasteiger partial charge on any atom is 0.306 e. The molecule has 0 spiro atoms. The lowest BCUT2D eigenvalue weighted by molar-refractivity contribution is -0.166. The lowest BCUT2D eigenvalue weighted by Gasteiger charge is -2.18. The number of unbranched alkanes of at least 4 members (excludes halogenated alkanes) is 12. The first kappa shape index (κ1) is 47.8. The van der Waals surface area contributed by atoms with E-state index in [0.29, 0.717) is 19.3 Å². The molecule has 0 heterocycles. The first-order valence-corrected chi connectivity index (χ1v) is 20.4. The zero-order chi connectivity index (χ0) is 37.3. The highest BCUT2D eigenvalue weighted by Gasteiger charge is 2.19. The summed E-state index contributed by atoms with van der Waals surface area (Å²) < 4.78 is 16.5. The van der Waals surface area contributed by atoms with E-state index in [1.54, 1.807) is 0 Å². The first-order valence-electron chi connectivity index (χ1n) is 20.4. The van der Waals surface area contributed by atoms with Crippen LogP contribution < -0.4 is 0 Å². The van der Waals surface area contributed by atoms with Crippen molar-refractivity contribution < 1.29 is 28.6 Å². The van der Waals surface area contributed by atoms with Crippen LogP contribution in [0.5, 0.6) is 0 Å². The first-order chi connectivity index (χ1) is 25.0. The molecule has 0 aromatic rings. The number of hydrogen-bond donors (Lipinski definition) is 0. The lowest BCUT2D eigenvalue weighted by atomic mass is 10.1. The van der Waals surface area contributed by atoms with Crippen LogP contribution in [0.25, 0.3) is 0 Å². The number of esters is 3. The summed E-state index contributed by atoms with van der Waals surface area (Å²) in [6.07, 6.45) is 47.8. The van der Waals surface area contributed by atoms with Gasteiger partial charge in [0.1, 0.15) is 13.2 Å². The Morgan fingerprint density at radius 2 is 0.804 bits per heavy atom. The predicted molar refractivity (Wildman–Crippen MR) is 214 cm³/mol. The minimum Gasteiger partial charge on any atom is -0.462 e. The van der Waals surface area contributed by atoms with E-state index in [9.17, 15) is 14.4 Å². The minimum absolute atomic E-state index is 0.129. The molecule has 1 atom stereocenters. The Kier molecular flexibility index (Phi) is 37.2. The van der Waals surface area contributed by atoms with Crippen molar-refractivity contribution in [1.29, 1.82) is 0 Å². The third-order valence-corrected chi connectivity index (χ3v) is 8.18. The quantitative estimate of drug-likeness (QED) is 0.0282. The fourth-order valence-electron chi connectivity index (χ4n) is 5.11. The average Bonchev–Trinajstić information content (AvgIpc) is 3.12. The third kappa shape index (κ3) is 37.9. The molecule has 0 aromatic heterocycles. The summed E-state index contributed by atoms with van der Waals surface area (Å²) in [5.74, 6) is -1.10. The van der Waals surface area contributed by atoms with Crippen LogP contribution in [0.1, 0.15) is 175 Å². The summed E-state index contributed by atoms with van der Waals surface area (Å²) >= 11 is 0. The summed E-state index contributed by atoms with van der Waals surface area (Å²) in [7, 11) is 0. The second kappa shape index (κ2) is 39.6. The number of allylic oxidation sites excluding steroid dienone is 12. The fourth-order valence-corrected chi connectivity index (χ4v) is 5.11. The summed E-state index contributed by atoms with van der Waals surface area (Å²) in [5, 5.41) is 0. The molecule has 0 bridgehead atoms. The highest BCUT2D eigenvalue weighted by Crippen LogP contribution is 2.09. The van der Waals surface area contributed by atoms with Crippen molar-refractivity contribution >= 4 is 17.9 Å². The second-order valence-electron chi connectivity index (χ2n) is 13.2. The van der Waals surface area contributed by atoms with E-state index in [1.807, 2.05) is 6.08 Å². The Morgan fingerprint density at radius 1 is 0.412 bits per heavy atom. The van der Waals surface area contributed by atoms with Crippen molar-refractivity contribution in [3.05, 3.63) is 72.9 Å². The van der Waals surface area contributed by atoms with Crippen LogP contribution in [0.4, 0.5) is 0 Å².